The van der Waals surface area contributed by atoms with E-state index in [1.165, 1.54) is 17.9 Å². The molecule has 2 heterocycles. The van der Waals surface area contributed by atoms with E-state index in [1.807, 2.05) is 11.8 Å². The van der Waals surface area contributed by atoms with Crippen LogP contribution in [0.25, 0.3) is 0 Å². The molecule has 106 valence electrons. The van der Waals surface area contributed by atoms with E-state index in [-0.39, 0.29) is 11.5 Å². The van der Waals surface area contributed by atoms with Crippen molar-refractivity contribution in [1.29, 1.82) is 0 Å². The third-order valence-corrected chi connectivity index (χ3v) is 6.21. The number of aliphatic hydroxyl groups is 1. The van der Waals surface area contributed by atoms with E-state index in [2.05, 4.69) is 18.7 Å². The molecule has 1 fully saturated rings. The molecule has 0 bridgehead atoms. The summed E-state index contributed by atoms with van der Waals surface area (Å²) in [6.45, 7) is 6.65. The zero-order chi connectivity index (χ0) is 13.5. The van der Waals surface area contributed by atoms with E-state index in [0.717, 1.165) is 41.6 Å². The average Bonchev–Trinajstić information content (AvgIpc) is 2.58. The third kappa shape index (κ3) is 2.93. The van der Waals surface area contributed by atoms with Gasteiger partial charge in [-0.1, -0.05) is 25.2 Å². The van der Waals surface area contributed by atoms with Crippen LogP contribution in [0.1, 0.15) is 43.4 Å². The number of aromatic nitrogens is 1. The fourth-order valence-electron chi connectivity index (χ4n) is 2.95. The van der Waals surface area contributed by atoms with Gasteiger partial charge in [-0.25, -0.2) is 4.98 Å². The molecule has 3 nitrogen and oxygen atoms in total. The van der Waals surface area contributed by atoms with E-state index in [0.29, 0.717) is 0 Å². The Hall–Kier alpha value is -0.260. The topological polar surface area (TPSA) is 36.4 Å². The van der Waals surface area contributed by atoms with Crippen LogP contribution in [0.3, 0.4) is 0 Å². The van der Waals surface area contributed by atoms with Gasteiger partial charge in [-0.3, -0.25) is 0 Å². The van der Waals surface area contributed by atoms with Gasteiger partial charge in [-0.15, -0.1) is 0 Å². The molecule has 1 aliphatic carbocycles. The molecule has 2 aliphatic rings. The zero-order valence-electron chi connectivity index (χ0n) is 11.7. The minimum atomic E-state index is -0.314. The number of nitrogens with zero attached hydrogens (tertiary/aromatic N) is 2. The molecule has 1 aliphatic heterocycles. The number of anilines is 1. The van der Waals surface area contributed by atoms with Crippen LogP contribution >= 0.6 is 23.1 Å². The van der Waals surface area contributed by atoms with Crippen molar-refractivity contribution >= 4 is 28.2 Å². The monoisotopic (exact) mass is 298 g/mol. The molecule has 1 saturated heterocycles. The van der Waals surface area contributed by atoms with Gasteiger partial charge in [0.2, 0.25) is 0 Å². The van der Waals surface area contributed by atoms with Gasteiger partial charge in [-0.2, -0.15) is 11.8 Å². The van der Waals surface area contributed by atoms with Crippen molar-refractivity contribution < 1.29 is 5.11 Å². The molecule has 1 atom stereocenters. The molecule has 1 unspecified atom stereocenters. The lowest BCUT2D eigenvalue weighted by molar-refractivity contribution is 0.102. The minimum Gasteiger partial charge on any atom is -0.387 e. The van der Waals surface area contributed by atoms with E-state index in [4.69, 9.17) is 4.98 Å². The van der Waals surface area contributed by atoms with Crippen LogP contribution in [-0.4, -0.2) is 34.7 Å². The Morgan fingerprint density at radius 2 is 2.16 bits per heavy atom. The largest absolute Gasteiger partial charge is 0.387 e. The molecule has 1 aromatic rings. The van der Waals surface area contributed by atoms with Crippen molar-refractivity contribution in [2.75, 3.05) is 29.5 Å². The first-order chi connectivity index (χ1) is 9.05. The minimum absolute atomic E-state index is 0.173. The molecule has 3 rings (SSSR count). The van der Waals surface area contributed by atoms with Crippen molar-refractivity contribution in [3.63, 3.8) is 0 Å². The summed E-state index contributed by atoms with van der Waals surface area (Å²) < 4.78 is 0. The van der Waals surface area contributed by atoms with Gasteiger partial charge < -0.3 is 10.0 Å². The van der Waals surface area contributed by atoms with E-state index in [9.17, 15) is 5.11 Å². The van der Waals surface area contributed by atoms with Gasteiger partial charge in [0.25, 0.3) is 0 Å². The molecule has 5 heteroatoms. The number of fused-ring (bicyclic) bond motifs is 1. The van der Waals surface area contributed by atoms with Gasteiger partial charge in [0, 0.05) is 18.8 Å². The second kappa shape index (κ2) is 5.26. The standard InChI is InChI=1S/C14H22N2OS2/c1-14(2)8-10-12(11(17)9-14)19-13(15-10)16-4-3-6-18-7-5-16/h11,17H,3-9H2,1-2H3. The van der Waals surface area contributed by atoms with Crippen molar-refractivity contribution in [3.05, 3.63) is 10.6 Å². The Bertz CT molecular complexity index is 450. The summed E-state index contributed by atoms with van der Waals surface area (Å²) in [6, 6.07) is 0. The highest BCUT2D eigenvalue weighted by Crippen LogP contribution is 2.44. The number of aliphatic hydroxyl groups excluding tert-OH is 1. The maximum atomic E-state index is 10.3. The third-order valence-electron chi connectivity index (χ3n) is 3.90. The lowest BCUT2D eigenvalue weighted by Crippen LogP contribution is -2.26. The Morgan fingerprint density at radius 3 is 3.00 bits per heavy atom. The second-order valence-electron chi connectivity index (χ2n) is 6.32. The van der Waals surface area contributed by atoms with Crippen molar-refractivity contribution in [1.82, 2.24) is 4.98 Å². The van der Waals surface area contributed by atoms with E-state index in [1.54, 1.807) is 11.3 Å². The van der Waals surface area contributed by atoms with Crippen LogP contribution in [0.5, 0.6) is 0 Å². The van der Waals surface area contributed by atoms with Gasteiger partial charge in [0.15, 0.2) is 5.13 Å². The van der Waals surface area contributed by atoms with Gasteiger partial charge in [0.1, 0.15) is 0 Å². The predicted molar refractivity (Wildman–Crippen MR) is 83.3 cm³/mol. The molecule has 1 N–H and O–H groups in total. The summed E-state index contributed by atoms with van der Waals surface area (Å²) in [5, 5.41) is 11.4. The van der Waals surface area contributed by atoms with Gasteiger partial charge >= 0.3 is 0 Å². The predicted octanol–water partition coefficient (Wildman–Crippen LogP) is 3.09. The summed E-state index contributed by atoms with van der Waals surface area (Å²) in [7, 11) is 0. The maximum absolute atomic E-state index is 10.3. The molecule has 0 spiro atoms. The van der Waals surface area contributed by atoms with Crippen molar-refractivity contribution in [3.8, 4) is 0 Å². The Morgan fingerprint density at radius 1 is 1.32 bits per heavy atom. The summed E-state index contributed by atoms with van der Waals surface area (Å²) >= 11 is 3.75. The van der Waals surface area contributed by atoms with E-state index < -0.39 is 0 Å². The highest BCUT2D eigenvalue weighted by molar-refractivity contribution is 7.99. The quantitative estimate of drug-likeness (QED) is 0.864. The summed E-state index contributed by atoms with van der Waals surface area (Å²) in [5.41, 5.74) is 1.31. The number of thiazole rings is 1. The van der Waals surface area contributed by atoms with Crippen molar-refractivity contribution in [2.24, 2.45) is 5.41 Å². The normalized spacial score (nSPS) is 26.9. The van der Waals surface area contributed by atoms with Gasteiger partial charge in [-0.05, 0) is 30.4 Å². The number of hydrogen-bond acceptors (Lipinski definition) is 5. The SMILES string of the molecule is CC1(C)Cc2nc(N3CCCSCC3)sc2C(O)C1. The lowest BCUT2D eigenvalue weighted by atomic mass is 9.77. The fraction of sp³-hybridized carbons (Fsp3) is 0.786. The average molecular weight is 298 g/mol. The Kier molecular flexibility index (Phi) is 3.80. The molecule has 0 saturated carbocycles. The van der Waals surface area contributed by atoms with Crippen molar-refractivity contribution in [2.45, 2.75) is 39.2 Å². The number of thioether (sulfide) groups is 1. The summed E-state index contributed by atoms with van der Waals surface area (Å²) in [6.07, 6.45) is 2.78. The molecule has 0 radical (unpaired) electrons. The summed E-state index contributed by atoms with van der Waals surface area (Å²) in [4.78, 5) is 8.36. The Labute approximate surface area is 123 Å². The van der Waals surface area contributed by atoms with Crippen LogP contribution in [0, 0.1) is 5.41 Å². The fourth-order valence-corrected chi connectivity index (χ4v) is 4.96. The highest BCUT2D eigenvalue weighted by atomic mass is 32.2. The molecule has 1 aromatic heterocycles. The van der Waals surface area contributed by atoms with Crippen LogP contribution in [0.2, 0.25) is 0 Å². The maximum Gasteiger partial charge on any atom is 0.185 e. The molecule has 0 amide bonds. The van der Waals surface area contributed by atoms with Crippen LogP contribution in [0.15, 0.2) is 0 Å². The molecule has 0 aromatic carbocycles. The van der Waals surface area contributed by atoms with Gasteiger partial charge in [0.05, 0.1) is 16.7 Å². The Balaban J connectivity index is 1.85. The molecule has 19 heavy (non-hydrogen) atoms. The summed E-state index contributed by atoms with van der Waals surface area (Å²) in [5.74, 6) is 2.45. The smallest absolute Gasteiger partial charge is 0.185 e. The molecular formula is C14H22N2OS2. The van der Waals surface area contributed by atoms with Crippen LogP contribution in [0.4, 0.5) is 5.13 Å². The van der Waals surface area contributed by atoms with E-state index >= 15 is 0 Å². The van der Waals surface area contributed by atoms with Crippen LogP contribution in [-0.2, 0) is 6.42 Å². The second-order valence-corrected chi connectivity index (χ2v) is 8.56. The first kappa shape index (κ1) is 13.7. The lowest BCUT2D eigenvalue weighted by Gasteiger charge is -2.31. The number of rotatable bonds is 1. The zero-order valence-corrected chi connectivity index (χ0v) is 13.3. The highest BCUT2D eigenvalue weighted by Gasteiger charge is 2.34. The molecular weight excluding hydrogens is 276 g/mol. The first-order valence-corrected chi connectivity index (χ1v) is 9.03. The number of hydrogen-bond donors (Lipinski definition) is 1. The van der Waals surface area contributed by atoms with Crippen LogP contribution < -0.4 is 4.90 Å². The first-order valence-electron chi connectivity index (χ1n) is 7.05.